The number of nitrogens with zero attached hydrogens (tertiary/aromatic N) is 1. The van der Waals surface area contributed by atoms with Crippen molar-refractivity contribution in [3.8, 4) is 0 Å². The Hall–Kier alpha value is -2.07. The molecule has 5 heteroatoms. The maximum atomic E-state index is 12.1. The first-order valence-electron chi connectivity index (χ1n) is 6.82. The van der Waals surface area contributed by atoms with Gasteiger partial charge in [-0.15, -0.1) is 0 Å². The lowest BCUT2D eigenvalue weighted by molar-refractivity contribution is 0.0938. The maximum Gasteiger partial charge on any atom is 0.253 e. The van der Waals surface area contributed by atoms with Gasteiger partial charge in [-0.1, -0.05) is 41.9 Å². The number of carbonyl (C=O) groups is 1. The largest absolute Gasteiger partial charge is 0.382 e. The standard InChI is InChI=1S/C16H18ClN3O/c1-11(7-8-12-5-3-2-4-6-12)20-16(21)13-9-14(17)15(18)19-10-13/h2-6,9-11H,7-8H2,1H3,(H2,18,19)(H,20,21). The molecule has 0 saturated heterocycles. The van der Waals surface area contributed by atoms with Gasteiger partial charge in [-0.3, -0.25) is 4.79 Å². The van der Waals surface area contributed by atoms with E-state index in [-0.39, 0.29) is 17.8 Å². The van der Waals surface area contributed by atoms with Gasteiger partial charge in [-0.05, 0) is 31.4 Å². The highest BCUT2D eigenvalue weighted by Crippen LogP contribution is 2.16. The normalized spacial score (nSPS) is 11.9. The Labute approximate surface area is 129 Å². The van der Waals surface area contributed by atoms with Crippen LogP contribution in [0, 0.1) is 0 Å². The molecular weight excluding hydrogens is 286 g/mol. The Balaban J connectivity index is 1.88. The number of nitrogens with one attached hydrogen (secondary N) is 1. The number of rotatable bonds is 5. The molecule has 0 saturated carbocycles. The third-order valence-corrected chi connectivity index (χ3v) is 3.52. The highest BCUT2D eigenvalue weighted by atomic mass is 35.5. The van der Waals surface area contributed by atoms with E-state index in [1.54, 1.807) is 0 Å². The van der Waals surface area contributed by atoms with E-state index in [0.29, 0.717) is 10.6 Å². The second-order valence-electron chi connectivity index (χ2n) is 4.99. The first-order valence-corrected chi connectivity index (χ1v) is 7.20. The Bertz CT molecular complexity index is 616. The number of anilines is 1. The zero-order valence-corrected chi connectivity index (χ0v) is 12.6. The summed E-state index contributed by atoms with van der Waals surface area (Å²) in [6.07, 6.45) is 3.22. The average Bonchev–Trinajstić information content (AvgIpc) is 2.49. The van der Waals surface area contributed by atoms with Crippen LogP contribution in [0.4, 0.5) is 5.82 Å². The molecule has 1 unspecified atom stereocenters. The topological polar surface area (TPSA) is 68.0 Å². The van der Waals surface area contributed by atoms with E-state index in [1.807, 2.05) is 25.1 Å². The summed E-state index contributed by atoms with van der Waals surface area (Å²) in [5.41, 5.74) is 7.20. The van der Waals surface area contributed by atoms with Crippen LogP contribution in [-0.2, 0) is 6.42 Å². The van der Waals surface area contributed by atoms with Gasteiger partial charge in [-0.25, -0.2) is 4.98 Å². The summed E-state index contributed by atoms with van der Waals surface area (Å²) in [6.45, 7) is 1.98. The summed E-state index contributed by atoms with van der Waals surface area (Å²) in [5, 5.41) is 3.23. The lowest BCUT2D eigenvalue weighted by Crippen LogP contribution is -2.33. The predicted molar refractivity (Wildman–Crippen MR) is 85.4 cm³/mol. The van der Waals surface area contributed by atoms with E-state index in [1.165, 1.54) is 17.8 Å². The van der Waals surface area contributed by atoms with E-state index in [0.717, 1.165) is 12.8 Å². The number of aromatic nitrogens is 1. The molecule has 0 aliphatic carbocycles. The van der Waals surface area contributed by atoms with Crippen LogP contribution in [0.15, 0.2) is 42.6 Å². The van der Waals surface area contributed by atoms with Gasteiger partial charge in [-0.2, -0.15) is 0 Å². The van der Waals surface area contributed by atoms with Crippen LogP contribution in [0.5, 0.6) is 0 Å². The molecule has 2 rings (SSSR count). The molecule has 2 aromatic rings. The maximum absolute atomic E-state index is 12.1. The second-order valence-corrected chi connectivity index (χ2v) is 5.40. The van der Waals surface area contributed by atoms with Crippen LogP contribution < -0.4 is 11.1 Å². The molecule has 0 radical (unpaired) electrons. The van der Waals surface area contributed by atoms with Crippen molar-refractivity contribution in [1.82, 2.24) is 10.3 Å². The quantitative estimate of drug-likeness (QED) is 0.892. The fourth-order valence-corrected chi connectivity index (χ4v) is 2.15. The summed E-state index contributed by atoms with van der Waals surface area (Å²) < 4.78 is 0. The Morgan fingerprint density at radius 2 is 2.10 bits per heavy atom. The minimum Gasteiger partial charge on any atom is -0.382 e. The summed E-state index contributed by atoms with van der Waals surface area (Å²) in [5.74, 6) is 0.0373. The monoisotopic (exact) mass is 303 g/mol. The van der Waals surface area contributed by atoms with Gasteiger partial charge in [0.2, 0.25) is 0 Å². The van der Waals surface area contributed by atoms with Gasteiger partial charge in [0.05, 0.1) is 10.6 Å². The summed E-state index contributed by atoms with van der Waals surface area (Å²) in [6, 6.07) is 11.8. The minimum atomic E-state index is -0.190. The molecule has 21 heavy (non-hydrogen) atoms. The number of nitrogen functional groups attached to an aromatic ring is 1. The number of hydrogen-bond acceptors (Lipinski definition) is 3. The molecule has 0 fully saturated rings. The van der Waals surface area contributed by atoms with Crippen molar-refractivity contribution >= 4 is 23.3 Å². The Morgan fingerprint density at radius 1 is 1.38 bits per heavy atom. The van der Waals surface area contributed by atoms with E-state index >= 15 is 0 Å². The molecular formula is C16H18ClN3O. The fraction of sp³-hybridized carbons (Fsp3) is 0.250. The van der Waals surface area contributed by atoms with Crippen LogP contribution >= 0.6 is 11.6 Å². The van der Waals surface area contributed by atoms with E-state index < -0.39 is 0 Å². The molecule has 1 atom stereocenters. The van der Waals surface area contributed by atoms with E-state index in [9.17, 15) is 4.79 Å². The molecule has 1 heterocycles. The van der Waals surface area contributed by atoms with Crippen molar-refractivity contribution in [2.45, 2.75) is 25.8 Å². The number of hydrogen-bond donors (Lipinski definition) is 2. The molecule has 0 aliphatic heterocycles. The zero-order chi connectivity index (χ0) is 15.2. The van der Waals surface area contributed by atoms with Crippen LogP contribution in [0.1, 0.15) is 29.3 Å². The third kappa shape index (κ3) is 4.46. The highest BCUT2D eigenvalue weighted by molar-refractivity contribution is 6.33. The van der Waals surface area contributed by atoms with Crippen molar-refractivity contribution < 1.29 is 4.79 Å². The number of carbonyl (C=O) groups excluding carboxylic acids is 1. The van der Waals surface area contributed by atoms with Crippen LogP contribution in [0.25, 0.3) is 0 Å². The van der Waals surface area contributed by atoms with Crippen LogP contribution in [0.3, 0.4) is 0 Å². The molecule has 0 spiro atoms. The number of amides is 1. The number of nitrogens with two attached hydrogens (primary N) is 1. The van der Waals surface area contributed by atoms with Crippen LogP contribution in [0.2, 0.25) is 5.02 Å². The first-order chi connectivity index (χ1) is 10.1. The van der Waals surface area contributed by atoms with Gasteiger partial charge in [0.25, 0.3) is 5.91 Å². The highest BCUT2D eigenvalue weighted by Gasteiger charge is 2.11. The molecule has 1 aromatic carbocycles. The summed E-state index contributed by atoms with van der Waals surface area (Å²) in [4.78, 5) is 16.0. The van der Waals surface area contributed by atoms with Gasteiger partial charge < -0.3 is 11.1 Å². The third-order valence-electron chi connectivity index (χ3n) is 3.22. The molecule has 0 aliphatic rings. The zero-order valence-electron chi connectivity index (χ0n) is 11.8. The SMILES string of the molecule is CC(CCc1ccccc1)NC(=O)c1cnc(N)c(Cl)c1. The van der Waals surface area contributed by atoms with Crippen molar-refractivity contribution in [3.05, 3.63) is 58.7 Å². The number of halogens is 1. The molecule has 110 valence electrons. The lowest BCUT2D eigenvalue weighted by Gasteiger charge is -2.14. The lowest BCUT2D eigenvalue weighted by atomic mass is 10.1. The van der Waals surface area contributed by atoms with Gasteiger partial charge in [0.15, 0.2) is 0 Å². The van der Waals surface area contributed by atoms with E-state index in [4.69, 9.17) is 17.3 Å². The predicted octanol–water partition coefficient (Wildman–Crippen LogP) is 3.07. The summed E-state index contributed by atoms with van der Waals surface area (Å²) >= 11 is 5.87. The number of benzene rings is 1. The van der Waals surface area contributed by atoms with Crippen LogP contribution in [-0.4, -0.2) is 16.9 Å². The van der Waals surface area contributed by atoms with Gasteiger partial charge in [0.1, 0.15) is 5.82 Å². The van der Waals surface area contributed by atoms with Crippen molar-refractivity contribution in [2.75, 3.05) is 5.73 Å². The Morgan fingerprint density at radius 3 is 2.76 bits per heavy atom. The average molecular weight is 304 g/mol. The first kappa shape index (κ1) is 15.3. The molecule has 4 nitrogen and oxygen atoms in total. The molecule has 1 amide bonds. The van der Waals surface area contributed by atoms with Crippen molar-refractivity contribution in [2.24, 2.45) is 0 Å². The van der Waals surface area contributed by atoms with Gasteiger partial charge >= 0.3 is 0 Å². The van der Waals surface area contributed by atoms with Crippen molar-refractivity contribution in [1.29, 1.82) is 0 Å². The Kier molecular flexibility index (Phi) is 5.17. The van der Waals surface area contributed by atoms with E-state index in [2.05, 4.69) is 22.4 Å². The smallest absolute Gasteiger partial charge is 0.253 e. The molecule has 0 bridgehead atoms. The molecule has 3 N–H and O–H groups in total. The number of aryl methyl sites for hydroxylation is 1. The number of pyridine rings is 1. The van der Waals surface area contributed by atoms with Crippen molar-refractivity contribution in [3.63, 3.8) is 0 Å². The summed E-state index contributed by atoms with van der Waals surface area (Å²) in [7, 11) is 0. The molecule has 1 aromatic heterocycles. The second kappa shape index (κ2) is 7.09. The van der Waals surface area contributed by atoms with Gasteiger partial charge in [0, 0.05) is 12.2 Å². The fourth-order valence-electron chi connectivity index (χ4n) is 1.98. The minimum absolute atomic E-state index is 0.0639.